The van der Waals surface area contributed by atoms with Gasteiger partial charge in [0.15, 0.2) is 0 Å². The van der Waals surface area contributed by atoms with Gasteiger partial charge >= 0.3 is 0 Å². The van der Waals surface area contributed by atoms with Crippen molar-refractivity contribution in [2.45, 2.75) is 19.8 Å². The lowest BCUT2D eigenvalue weighted by Crippen LogP contribution is -2.37. The average molecular weight is 264 g/mol. The molecule has 5 heteroatoms. The lowest BCUT2D eigenvalue weighted by atomic mass is 9.99. The van der Waals surface area contributed by atoms with Gasteiger partial charge in [0.05, 0.1) is 4.92 Å². The lowest BCUT2D eigenvalue weighted by Gasteiger charge is -2.32. The first-order chi connectivity index (χ1) is 8.58. The second kappa shape index (κ2) is 5.44. The van der Waals surface area contributed by atoms with E-state index in [0.717, 1.165) is 42.4 Å². The molecule has 0 radical (unpaired) electrons. The predicted octanol–water partition coefficient (Wildman–Crippen LogP) is 3.00. The topological polar surface area (TPSA) is 46.4 Å². The number of likely N-dealkylation sites (tertiary alicyclic amines) is 1. The zero-order valence-corrected chi connectivity index (χ0v) is 11.2. The van der Waals surface area contributed by atoms with Crippen molar-refractivity contribution in [1.82, 2.24) is 4.90 Å². The zero-order valence-electron chi connectivity index (χ0n) is 10.3. The highest BCUT2D eigenvalue weighted by Crippen LogP contribution is 2.20. The Morgan fingerprint density at radius 3 is 2.39 bits per heavy atom. The maximum Gasteiger partial charge on any atom is 0.269 e. The van der Waals surface area contributed by atoms with Crippen molar-refractivity contribution in [1.29, 1.82) is 0 Å². The second-order valence-electron chi connectivity index (χ2n) is 4.78. The van der Waals surface area contributed by atoms with Crippen LogP contribution in [0.25, 0.3) is 0 Å². The van der Waals surface area contributed by atoms with Crippen LogP contribution in [0.5, 0.6) is 0 Å². The summed E-state index contributed by atoms with van der Waals surface area (Å²) in [6.07, 6.45) is 2.32. The summed E-state index contributed by atoms with van der Waals surface area (Å²) in [5.41, 5.74) is 0.999. The maximum absolute atomic E-state index is 10.6. The zero-order chi connectivity index (χ0) is 13.1. The lowest BCUT2D eigenvalue weighted by molar-refractivity contribution is -0.384. The van der Waals surface area contributed by atoms with Gasteiger partial charge in [-0.25, -0.2) is 0 Å². The van der Waals surface area contributed by atoms with Crippen molar-refractivity contribution in [2.24, 2.45) is 5.92 Å². The van der Waals surface area contributed by atoms with E-state index >= 15 is 0 Å². The maximum atomic E-state index is 10.6. The number of hydrogen-bond donors (Lipinski definition) is 0. The molecule has 1 fully saturated rings. The summed E-state index contributed by atoms with van der Waals surface area (Å²) >= 11 is 5.44. The summed E-state index contributed by atoms with van der Waals surface area (Å²) in [6.45, 7) is 4.22. The summed E-state index contributed by atoms with van der Waals surface area (Å²) < 4.78 is 0. The predicted molar refractivity (Wildman–Crippen MR) is 74.8 cm³/mol. The number of benzene rings is 1. The van der Waals surface area contributed by atoms with Gasteiger partial charge < -0.3 is 4.90 Å². The van der Waals surface area contributed by atoms with Gasteiger partial charge in [0.1, 0.15) is 4.99 Å². The first-order valence-electron chi connectivity index (χ1n) is 6.11. The Morgan fingerprint density at radius 1 is 1.33 bits per heavy atom. The second-order valence-corrected chi connectivity index (χ2v) is 5.17. The molecule has 0 aromatic heterocycles. The van der Waals surface area contributed by atoms with Crippen LogP contribution in [0.1, 0.15) is 25.3 Å². The third-order valence-electron chi connectivity index (χ3n) is 3.40. The number of hydrogen-bond acceptors (Lipinski definition) is 3. The molecular formula is C13H16N2O2S. The quantitative estimate of drug-likeness (QED) is 0.468. The first kappa shape index (κ1) is 13.0. The van der Waals surface area contributed by atoms with Gasteiger partial charge in [0, 0.05) is 30.8 Å². The number of non-ortho nitro benzene ring substituents is 1. The van der Waals surface area contributed by atoms with Crippen LogP contribution in [0.2, 0.25) is 0 Å². The Balaban J connectivity index is 2.07. The Bertz CT molecular complexity index is 451. The third kappa shape index (κ3) is 2.85. The van der Waals surface area contributed by atoms with Gasteiger partial charge in [-0.3, -0.25) is 10.1 Å². The van der Waals surface area contributed by atoms with E-state index in [-0.39, 0.29) is 5.69 Å². The molecule has 4 nitrogen and oxygen atoms in total. The molecule has 0 aliphatic carbocycles. The van der Waals surface area contributed by atoms with Gasteiger partial charge in [0.2, 0.25) is 0 Å². The monoisotopic (exact) mass is 264 g/mol. The minimum atomic E-state index is -0.393. The molecular weight excluding hydrogens is 248 g/mol. The van der Waals surface area contributed by atoms with Gasteiger partial charge in [-0.2, -0.15) is 0 Å². The molecule has 1 aromatic carbocycles. The molecule has 0 atom stereocenters. The minimum Gasteiger partial charge on any atom is -0.362 e. The van der Waals surface area contributed by atoms with Crippen LogP contribution >= 0.6 is 12.2 Å². The standard InChI is InChI=1S/C13H16N2O2S/c1-10-6-8-14(9-7-10)13(18)11-2-4-12(5-3-11)15(16)17/h2-5,10H,6-9H2,1H3. The Morgan fingerprint density at radius 2 is 1.89 bits per heavy atom. The van der Waals surface area contributed by atoms with E-state index in [4.69, 9.17) is 12.2 Å². The van der Waals surface area contributed by atoms with Crippen molar-refractivity contribution >= 4 is 22.9 Å². The van der Waals surface area contributed by atoms with E-state index in [0.29, 0.717) is 0 Å². The summed E-state index contributed by atoms with van der Waals surface area (Å²) in [4.78, 5) is 13.2. The Kier molecular flexibility index (Phi) is 3.91. The molecule has 1 saturated heterocycles. The van der Waals surface area contributed by atoms with Crippen molar-refractivity contribution in [3.63, 3.8) is 0 Å². The summed E-state index contributed by atoms with van der Waals surface area (Å²) in [5.74, 6) is 0.765. The van der Waals surface area contributed by atoms with Gasteiger partial charge in [0.25, 0.3) is 5.69 Å². The van der Waals surface area contributed by atoms with Crippen LogP contribution in [0, 0.1) is 16.0 Å². The third-order valence-corrected chi connectivity index (χ3v) is 3.89. The first-order valence-corrected chi connectivity index (χ1v) is 6.52. The molecule has 18 heavy (non-hydrogen) atoms. The molecule has 0 saturated carbocycles. The molecule has 1 heterocycles. The van der Waals surface area contributed by atoms with E-state index in [1.807, 2.05) is 0 Å². The Labute approximate surface area is 112 Å². The fourth-order valence-corrected chi connectivity index (χ4v) is 2.44. The van der Waals surface area contributed by atoms with Crippen molar-refractivity contribution in [2.75, 3.05) is 13.1 Å². The fraction of sp³-hybridized carbons (Fsp3) is 0.462. The molecule has 2 rings (SSSR count). The average Bonchev–Trinajstić information content (AvgIpc) is 2.39. The number of nitro groups is 1. The smallest absolute Gasteiger partial charge is 0.269 e. The van der Waals surface area contributed by atoms with Gasteiger partial charge in [-0.1, -0.05) is 19.1 Å². The van der Waals surface area contributed by atoms with Crippen molar-refractivity contribution in [3.8, 4) is 0 Å². The molecule has 1 aliphatic heterocycles. The number of nitrogens with zero attached hydrogens (tertiary/aromatic N) is 2. The van der Waals surface area contributed by atoms with E-state index in [1.165, 1.54) is 12.1 Å². The highest BCUT2D eigenvalue weighted by Gasteiger charge is 2.19. The molecule has 0 spiro atoms. The fourth-order valence-electron chi connectivity index (χ4n) is 2.12. The van der Waals surface area contributed by atoms with Crippen LogP contribution in [0.4, 0.5) is 5.69 Å². The van der Waals surface area contributed by atoms with E-state index in [1.54, 1.807) is 12.1 Å². The van der Waals surface area contributed by atoms with Crippen LogP contribution in [0.3, 0.4) is 0 Å². The van der Waals surface area contributed by atoms with E-state index < -0.39 is 4.92 Å². The number of thiocarbonyl (C=S) groups is 1. The summed E-state index contributed by atoms with van der Waals surface area (Å²) in [5, 5.41) is 10.6. The van der Waals surface area contributed by atoms with Crippen LogP contribution in [0.15, 0.2) is 24.3 Å². The summed E-state index contributed by atoms with van der Waals surface area (Å²) in [6, 6.07) is 6.49. The van der Waals surface area contributed by atoms with Crippen LogP contribution < -0.4 is 0 Å². The molecule has 1 aromatic rings. The molecule has 96 valence electrons. The number of rotatable bonds is 2. The number of piperidine rings is 1. The van der Waals surface area contributed by atoms with Gasteiger partial charge in [-0.15, -0.1) is 0 Å². The van der Waals surface area contributed by atoms with Crippen molar-refractivity contribution < 1.29 is 4.92 Å². The SMILES string of the molecule is CC1CCN(C(=S)c2ccc([N+](=O)[O-])cc2)CC1. The van der Waals surface area contributed by atoms with Crippen molar-refractivity contribution in [3.05, 3.63) is 39.9 Å². The molecule has 0 unspecified atom stereocenters. The van der Waals surface area contributed by atoms with Crippen LogP contribution in [-0.4, -0.2) is 27.9 Å². The molecule has 0 bridgehead atoms. The van der Waals surface area contributed by atoms with E-state index in [9.17, 15) is 10.1 Å². The normalized spacial score (nSPS) is 16.6. The molecule has 0 amide bonds. The summed E-state index contributed by atoms with van der Waals surface area (Å²) in [7, 11) is 0. The van der Waals surface area contributed by atoms with Gasteiger partial charge in [-0.05, 0) is 30.9 Å². The minimum absolute atomic E-state index is 0.105. The Hall–Kier alpha value is -1.49. The highest BCUT2D eigenvalue weighted by molar-refractivity contribution is 7.80. The molecule has 1 aliphatic rings. The van der Waals surface area contributed by atoms with E-state index in [2.05, 4.69) is 11.8 Å². The highest BCUT2D eigenvalue weighted by atomic mass is 32.1. The number of nitro benzene ring substituents is 1. The van der Waals surface area contributed by atoms with Crippen LogP contribution in [-0.2, 0) is 0 Å². The largest absolute Gasteiger partial charge is 0.362 e. The molecule has 0 N–H and O–H groups in total.